The molecule has 0 aliphatic heterocycles. The minimum Gasteiger partial charge on any atom is -0.334 e. The van der Waals surface area contributed by atoms with Crippen LogP contribution in [0, 0.1) is 19.3 Å². The second-order valence-corrected chi connectivity index (χ2v) is 7.66. The number of carbonyl (C=O) groups excluding carboxylic acids is 2. The van der Waals surface area contributed by atoms with E-state index in [0.29, 0.717) is 19.5 Å². The molecular weight excluding hydrogens is 326 g/mol. The molecule has 1 aliphatic rings. The smallest absolute Gasteiger partial charge is 0.244 e. The molecule has 0 bridgehead atoms. The topological polar surface area (TPSA) is 75.4 Å². The van der Waals surface area contributed by atoms with Crippen molar-refractivity contribution in [2.75, 3.05) is 25.0 Å². The first-order valence-electron chi connectivity index (χ1n) is 9.75. The Bertz CT molecular complexity index is 616. The lowest BCUT2D eigenvalue weighted by molar-refractivity contribution is -0.137. The lowest BCUT2D eigenvalue weighted by Gasteiger charge is -2.37. The van der Waals surface area contributed by atoms with Gasteiger partial charge in [0.25, 0.3) is 0 Å². The Kier molecular flexibility index (Phi) is 7.21. The van der Waals surface area contributed by atoms with Crippen LogP contribution < -0.4 is 11.1 Å². The first-order chi connectivity index (χ1) is 12.4. The lowest BCUT2D eigenvalue weighted by atomic mass is 9.71. The van der Waals surface area contributed by atoms with Crippen molar-refractivity contribution in [2.45, 2.75) is 59.3 Å². The van der Waals surface area contributed by atoms with E-state index in [9.17, 15) is 9.59 Å². The van der Waals surface area contributed by atoms with Crippen LogP contribution >= 0.6 is 0 Å². The van der Waals surface area contributed by atoms with E-state index < -0.39 is 0 Å². The number of aryl methyl sites for hydroxylation is 2. The fourth-order valence-electron chi connectivity index (χ4n) is 3.93. The van der Waals surface area contributed by atoms with Gasteiger partial charge in [0, 0.05) is 18.7 Å². The second kappa shape index (κ2) is 9.17. The lowest BCUT2D eigenvalue weighted by Crippen LogP contribution is -2.43. The van der Waals surface area contributed by atoms with Crippen molar-refractivity contribution in [2.24, 2.45) is 11.1 Å². The molecule has 26 heavy (non-hydrogen) atoms. The van der Waals surface area contributed by atoms with Gasteiger partial charge in [0.2, 0.25) is 11.8 Å². The molecule has 0 heterocycles. The van der Waals surface area contributed by atoms with E-state index in [0.717, 1.165) is 42.5 Å². The van der Waals surface area contributed by atoms with Crippen molar-refractivity contribution in [3.8, 4) is 0 Å². The third-order valence-electron chi connectivity index (χ3n) is 5.69. The number of anilines is 1. The van der Waals surface area contributed by atoms with E-state index in [1.807, 2.05) is 39.0 Å². The van der Waals surface area contributed by atoms with Gasteiger partial charge in [-0.05, 0) is 56.7 Å². The molecule has 5 nitrogen and oxygen atoms in total. The largest absolute Gasteiger partial charge is 0.334 e. The molecule has 0 aromatic heterocycles. The van der Waals surface area contributed by atoms with Gasteiger partial charge < -0.3 is 16.0 Å². The molecule has 2 rings (SSSR count). The molecular formula is C21H33N3O2. The van der Waals surface area contributed by atoms with Crippen LogP contribution in [0.2, 0.25) is 0 Å². The SMILES string of the molecule is CCN(CC(=O)Nc1c(C)cccc1C)C(=O)CC1(CN)CCCCC1. The number of para-hydroxylation sites is 1. The van der Waals surface area contributed by atoms with Gasteiger partial charge in [-0.15, -0.1) is 0 Å². The minimum atomic E-state index is -0.150. The number of rotatable bonds is 7. The van der Waals surface area contributed by atoms with Crippen LogP contribution in [0.5, 0.6) is 0 Å². The predicted octanol–water partition coefficient (Wildman–Crippen LogP) is 3.39. The van der Waals surface area contributed by atoms with Crippen LogP contribution in [0.3, 0.4) is 0 Å². The van der Waals surface area contributed by atoms with Crippen LogP contribution in [-0.2, 0) is 9.59 Å². The maximum Gasteiger partial charge on any atom is 0.244 e. The number of benzene rings is 1. The molecule has 0 unspecified atom stereocenters. The van der Waals surface area contributed by atoms with Crippen LogP contribution in [-0.4, -0.2) is 36.3 Å². The second-order valence-electron chi connectivity index (χ2n) is 7.66. The zero-order chi connectivity index (χ0) is 19.2. The number of hydrogen-bond acceptors (Lipinski definition) is 3. The maximum absolute atomic E-state index is 12.8. The molecule has 1 aromatic rings. The monoisotopic (exact) mass is 359 g/mol. The summed E-state index contributed by atoms with van der Waals surface area (Å²) in [6.07, 6.45) is 6.00. The number of hydrogen-bond donors (Lipinski definition) is 2. The summed E-state index contributed by atoms with van der Waals surface area (Å²) in [6.45, 7) is 7.02. The Labute approximate surface area is 157 Å². The quantitative estimate of drug-likeness (QED) is 0.783. The first kappa shape index (κ1) is 20.4. The molecule has 1 aliphatic carbocycles. The maximum atomic E-state index is 12.8. The van der Waals surface area contributed by atoms with E-state index in [-0.39, 0.29) is 23.8 Å². The normalized spacial score (nSPS) is 16.2. The average Bonchev–Trinajstić information content (AvgIpc) is 2.63. The Hall–Kier alpha value is -1.88. The molecule has 0 radical (unpaired) electrons. The summed E-state index contributed by atoms with van der Waals surface area (Å²) in [5.41, 5.74) is 8.83. The summed E-state index contributed by atoms with van der Waals surface area (Å²) in [5.74, 6) is -0.112. The molecule has 0 atom stereocenters. The van der Waals surface area contributed by atoms with Crippen molar-refractivity contribution >= 4 is 17.5 Å². The predicted molar refractivity (Wildman–Crippen MR) is 106 cm³/mol. The fraction of sp³-hybridized carbons (Fsp3) is 0.619. The Balaban J connectivity index is 1.99. The summed E-state index contributed by atoms with van der Waals surface area (Å²) >= 11 is 0. The van der Waals surface area contributed by atoms with Gasteiger partial charge in [-0.2, -0.15) is 0 Å². The van der Waals surface area contributed by atoms with Gasteiger partial charge >= 0.3 is 0 Å². The number of nitrogens with zero attached hydrogens (tertiary/aromatic N) is 1. The third kappa shape index (κ3) is 5.07. The van der Waals surface area contributed by atoms with Crippen molar-refractivity contribution in [3.63, 3.8) is 0 Å². The summed E-state index contributed by atoms with van der Waals surface area (Å²) in [6, 6.07) is 5.91. The highest BCUT2D eigenvalue weighted by atomic mass is 16.2. The molecule has 1 fully saturated rings. The molecule has 2 amide bonds. The molecule has 3 N–H and O–H groups in total. The summed E-state index contributed by atoms with van der Waals surface area (Å²) in [5, 5.41) is 2.97. The van der Waals surface area contributed by atoms with Crippen molar-refractivity contribution < 1.29 is 9.59 Å². The number of amides is 2. The van der Waals surface area contributed by atoms with Crippen LogP contribution in [0.15, 0.2) is 18.2 Å². The molecule has 0 saturated heterocycles. The molecule has 0 spiro atoms. The Morgan fingerprint density at radius 2 is 1.77 bits per heavy atom. The molecule has 1 saturated carbocycles. The van der Waals surface area contributed by atoms with Gasteiger partial charge in [-0.1, -0.05) is 37.5 Å². The van der Waals surface area contributed by atoms with Crippen LogP contribution in [0.25, 0.3) is 0 Å². The standard InChI is InChI=1S/C21H33N3O2/c1-4-24(19(26)13-21(15-22)11-6-5-7-12-21)14-18(25)23-20-16(2)9-8-10-17(20)3/h8-10H,4-7,11-15,22H2,1-3H3,(H,23,25). The number of nitrogens with one attached hydrogen (secondary N) is 1. The first-order valence-corrected chi connectivity index (χ1v) is 9.75. The van der Waals surface area contributed by atoms with Gasteiger partial charge in [0.05, 0.1) is 6.54 Å². The highest BCUT2D eigenvalue weighted by molar-refractivity contribution is 5.95. The van der Waals surface area contributed by atoms with Crippen LogP contribution in [0.1, 0.15) is 56.6 Å². The van der Waals surface area contributed by atoms with E-state index in [1.165, 1.54) is 6.42 Å². The zero-order valence-corrected chi connectivity index (χ0v) is 16.4. The average molecular weight is 360 g/mol. The fourth-order valence-corrected chi connectivity index (χ4v) is 3.93. The van der Waals surface area contributed by atoms with Crippen molar-refractivity contribution in [3.05, 3.63) is 29.3 Å². The zero-order valence-electron chi connectivity index (χ0n) is 16.4. The van der Waals surface area contributed by atoms with Crippen molar-refractivity contribution in [1.29, 1.82) is 0 Å². The molecule has 1 aromatic carbocycles. The Morgan fingerprint density at radius 1 is 1.15 bits per heavy atom. The minimum absolute atomic E-state index is 0.0384. The van der Waals surface area contributed by atoms with Gasteiger partial charge in [0.1, 0.15) is 0 Å². The van der Waals surface area contributed by atoms with E-state index in [1.54, 1.807) is 4.90 Å². The number of nitrogens with two attached hydrogens (primary N) is 1. The molecule has 144 valence electrons. The van der Waals surface area contributed by atoms with Gasteiger partial charge in [-0.3, -0.25) is 9.59 Å². The summed E-state index contributed by atoms with van der Waals surface area (Å²) < 4.78 is 0. The van der Waals surface area contributed by atoms with E-state index in [4.69, 9.17) is 5.73 Å². The Morgan fingerprint density at radius 3 is 2.31 bits per heavy atom. The van der Waals surface area contributed by atoms with Crippen molar-refractivity contribution in [1.82, 2.24) is 4.90 Å². The number of likely N-dealkylation sites (N-methyl/N-ethyl adjacent to an activating group) is 1. The van der Waals surface area contributed by atoms with E-state index in [2.05, 4.69) is 5.32 Å². The highest BCUT2D eigenvalue weighted by Gasteiger charge is 2.34. The van der Waals surface area contributed by atoms with Crippen LogP contribution in [0.4, 0.5) is 5.69 Å². The summed E-state index contributed by atoms with van der Waals surface area (Å²) in [4.78, 5) is 27.0. The highest BCUT2D eigenvalue weighted by Crippen LogP contribution is 2.38. The van der Waals surface area contributed by atoms with Gasteiger partial charge in [0.15, 0.2) is 0 Å². The molecule has 5 heteroatoms. The number of carbonyl (C=O) groups is 2. The van der Waals surface area contributed by atoms with Gasteiger partial charge in [-0.25, -0.2) is 0 Å². The van der Waals surface area contributed by atoms with E-state index >= 15 is 0 Å². The third-order valence-corrected chi connectivity index (χ3v) is 5.69. The summed E-state index contributed by atoms with van der Waals surface area (Å²) in [7, 11) is 0.